The minimum atomic E-state index is -3.45. The molecule has 0 aromatic rings. The Kier molecular flexibility index (Phi) is 5.85. The van der Waals surface area contributed by atoms with Crippen LogP contribution in [0.1, 0.15) is 8.35 Å². The third-order valence-electron chi connectivity index (χ3n) is 0.907. The molecule has 8 heteroatoms. The smallest absolute Gasteiger partial charge is 1.00 e. The van der Waals surface area contributed by atoms with Gasteiger partial charge in [0.25, 0.3) is 0 Å². The summed E-state index contributed by atoms with van der Waals surface area (Å²) in [6.45, 7) is 0.302. The first kappa shape index (κ1) is 13.9. The third-order valence-corrected chi connectivity index (χ3v) is 0.907. The zero-order chi connectivity index (χ0) is 9.07. The van der Waals surface area contributed by atoms with E-state index in [1.165, 1.54) is 0 Å². The van der Waals surface area contributed by atoms with Crippen LogP contribution in [-0.2, 0) is 19.5 Å². The molecule has 0 bridgehead atoms. The zero-order valence-electron chi connectivity index (χ0n) is 7.27. The molecule has 0 heterocycles. The van der Waals surface area contributed by atoms with Gasteiger partial charge in [0.1, 0.15) is 0 Å². The summed E-state index contributed by atoms with van der Waals surface area (Å²) in [6, 6.07) is 0. The van der Waals surface area contributed by atoms with Crippen molar-refractivity contribution in [3.8, 4) is 0 Å². The Morgan fingerprint density at radius 1 is 1.25 bits per heavy atom. The van der Waals surface area contributed by atoms with Crippen molar-refractivity contribution in [1.29, 1.82) is 0 Å². The van der Waals surface area contributed by atoms with Crippen LogP contribution in [0.3, 0.4) is 0 Å². The fourth-order valence-electron chi connectivity index (χ4n) is 0.228. The average Bonchev–Trinajstić information content (AvgIpc) is 2.01. The molecule has 0 amide bonds. The van der Waals surface area contributed by atoms with Crippen molar-refractivity contribution >= 4 is 11.9 Å². The first-order valence-corrected chi connectivity index (χ1v) is 2.31. The summed E-state index contributed by atoms with van der Waals surface area (Å²) in [4.78, 5) is 24.7. The minimum absolute atomic E-state index is 0. The van der Waals surface area contributed by atoms with Crippen LogP contribution in [0.4, 0.5) is 13.4 Å². The Bertz CT molecular complexity index is 170. The van der Waals surface area contributed by atoms with Gasteiger partial charge in [-0.3, -0.25) is 9.88 Å². The van der Waals surface area contributed by atoms with Crippen LogP contribution in [0.25, 0.3) is 0 Å². The van der Waals surface area contributed by atoms with Crippen LogP contribution in [-0.4, -0.2) is 17.6 Å². The van der Waals surface area contributed by atoms with Gasteiger partial charge in [0, 0.05) is 9.05 Å². The van der Waals surface area contributed by atoms with E-state index in [4.69, 9.17) is 0 Å². The van der Waals surface area contributed by atoms with Crippen LogP contribution in [0.15, 0.2) is 0 Å². The van der Waals surface area contributed by atoms with Gasteiger partial charge in [-0.2, -0.15) is 0 Å². The van der Waals surface area contributed by atoms with Crippen molar-refractivity contribution in [3.05, 3.63) is 0 Å². The molecular formula is C4H4F3LiO4. The fourth-order valence-corrected chi connectivity index (χ4v) is 0.228. The predicted octanol–water partition coefficient (Wildman–Crippen LogP) is -2.31. The number of carbonyl (C=O) groups excluding carboxylic acids is 2. The topological polar surface area (TPSA) is 52.6 Å². The Morgan fingerprint density at radius 2 is 1.50 bits per heavy atom. The summed E-state index contributed by atoms with van der Waals surface area (Å²) in [5.74, 6) is -4.33. The molecule has 0 aliphatic heterocycles. The molecule has 0 rings (SSSR count). The van der Waals surface area contributed by atoms with Gasteiger partial charge >= 0.3 is 36.5 Å². The van der Waals surface area contributed by atoms with Crippen molar-refractivity contribution in [1.82, 2.24) is 0 Å². The molecule has 0 spiro atoms. The second kappa shape index (κ2) is 5.06. The predicted molar refractivity (Wildman–Crippen MR) is 25.0 cm³/mol. The summed E-state index contributed by atoms with van der Waals surface area (Å²) >= 11 is 0. The van der Waals surface area contributed by atoms with E-state index in [-0.39, 0.29) is 20.3 Å². The summed E-state index contributed by atoms with van der Waals surface area (Å²) in [5, 5.41) is 0. The van der Waals surface area contributed by atoms with E-state index in [2.05, 4.69) is 9.88 Å². The molecule has 66 valence electrons. The molecule has 0 N–H and O–H groups in total. The number of carbonyl (C=O) groups is 2. The Labute approximate surface area is 78.5 Å². The van der Waals surface area contributed by atoms with Crippen LogP contribution in [0.5, 0.6) is 0 Å². The molecule has 0 radical (unpaired) electrons. The molecule has 0 atom stereocenters. The Hall–Kier alpha value is -0.673. The molecule has 0 fully saturated rings. The van der Waals surface area contributed by atoms with Gasteiger partial charge in [0.15, 0.2) is 0 Å². The molecule has 0 aliphatic rings. The SMILES string of the molecule is CC(F)(C(=O)OF)C(=O)OF.[H-].[Li+]. The molecule has 0 unspecified atom stereocenters. The molecule has 0 aliphatic carbocycles. The Balaban J connectivity index is -0.000000500. The summed E-state index contributed by atoms with van der Waals surface area (Å²) in [5.41, 5.74) is -3.45. The molecule has 0 aromatic carbocycles. The molecule has 12 heavy (non-hydrogen) atoms. The first-order valence-electron chi connectivity index (χ1n) is 2.31. The Morgan fingerprint density at radius 3 is 1.67 bits per heavy atom. The number of alkyl halides is 1. The first-order chi connectivity index (χ1) is 4.96. The van der Waals surface area contributed by atoms with E-state index in [0.29, 0.717) is 6.92 Å². The minimum Gasteiger partial charge on any atom is -1.00 e. The summed E-state index contributed by atoms with van der Waals surface area (Å²) in [7, 11) is 0. The molecule has 4 nitrogen and oxygen atoms in total. The summed E-state index contributed by atoms with van der Waals surface area (Å²) in [6.07, 6.45) is 0. The van der Waals surface area contributed by atoms with E-state index in [1.54, 1.807) is 0 Å². The second-order valence-corrected chi connectivity index (χ2v) is 1.73. The average molecular weight is 180 g/mol. The zero-order valence-corrected chi connectivity index (χ0v) is 6.27. The van der Waals surface area contributed by atoms with Gasteiger partial charge in [-0.1, -0.05) is 0 Å². The van der Waals surface area contributed by atoms with Gasteiger partial charge in [-0.15, -0.1) is 0 Å². The van der Waals surface area contributed by atoms with Crippen LogP contribution < -0.4 is 18.9 Å². The van der Waals surface area contributed by atoms with Gasteiger partial charge in [0.2, 0.25) is 0 Å². The van der Waals surface area contributed by atoms with E-state index >= 15 is 0 Å². The van der Waals surface area contributed by atoms with Crippen molar-refractivity contribution in [3.63, 3.8) is 0 Å². The van der Waals surface area contributed by atoms with E-state index in [1.807, 2.05) is 0 Å². The fraction of sp³-hybridized carbons (Fsp3) is 0.500. The van der Waals surface area contributed by atoms with Crippen molar-refractivity contribution in [2.45, 2.75) is 12.6 Å². The van der Waals surface area contributed by atoms with Crippen molar-refractivity contribution < 1.29 is 53.2 Å². The maximum absolute atomic E-state index is 12.4. The van der Waals surface area contributed by atoms with Gasteiger partial charge < -0.3 is 1.43 Å². The van der Waals surface area contributed by atoms with Gasteiger partial charge in [0.05, 0.1) is 0 Å². The number of halogens is 3. The number of rotatable bonds is 2. The molecule has 0 aromatic heterocycles. The number of hydrogen-bond acceptors (Lipinski definition) is 4. The van der Waals surface area contributed by atoms with Gasteiger partial charge in [-0.05, 0) is 6.92 Å². The molecule has 0 saturated heterocycles. The standard InChI is InChI=1S/C4H3F3O4.Li.H/c1-4(5,2(8)10-6)3(9)11-7;;/h1H3;;/q;+1;-1. The van der Waals surface area contributed by atoms with Crippen molar-refractivity contribution in [2.24, 2.45) is 0 Å². The largest absolute Gasteiger partial charge is 1.00 e. The normalized spacial score (nSPS) is 9.67. The second-order valence-electron chi connectivity index (χ2n) is 1.73. The third kappa shape index (κ3) is 2.75. The van der Waals surface area contributed by atoms with Gasteiger partial charge in [-0.25, -0.2) is 14.0 Å². The monoisotopic (exact) mass is 180 g/mol. The van der Waals surface area contributed by atoms with Crippen LogP contribution >= 0.6 is 0 Å². The maximum Gasteiger partial charge on any atom is 1.00 e. The van der Waals surface area contributed by atoms with E-state index < -0.39 is 17.6 Å². The number of hydrogen-bond donors (Lipinski definition) is 0. The summed E-state index contributed by atoms with van der Waals surface area (Å²) < 4.78 is 34.4. The molecular weight excluding hydrogens is 176 g/mol. The van der Waals surface area contributed by atoms with E-state index in [0.717, 1.165) is 0 Å². The van der Waals surface area contributed by atoms with E-state index in [9.17, 15) is 23.0 Å². The maximum atomic E-state index is 12.4. The van der Waals surface area contributed by atoms with Crippen LogP contribution in [0, 0.1) is 0 Å². The molecule has 0 saturated carbocycles. The van der Waals surface area contributed by atoms with Crippen molar-refractivity contribution in [2.75, 3.05) is 0 Å². The quantitative estimate of drug-likeness (QED) is 0.353. The van der Waals surface area contributed by atoms with Crippen LogP contribution in [0.2, 0.25) is 0 Å².